The number of nitrogens with zero attached hydrogens (tertiary/aromatic N) is 1. The van der Waals surface area contributed by atoms with Crippen LogP contribution in [0.25, 0.3) is 0 Å². The molecule has 0 aliphatic heterocycles. The molecular weight excluding hydrogens is 364 g/mol. The van der Waals surface area contributed by atoms with E-state index in [1.165, 1.54) is 0 Å². The summed E-state index contributed by atoms with van der Waals surface area (Å²) < 4.78 is 0. The minimum absolute atomic E-state index is 0.101. The fraction of sp³-hybridized carbons (Fsp3) is 0.0870. The molecule has 2 amide bonds. The van der Waals surface area contributed by atoms with Gasteiger partial charge < -0.3 is 11.1 Å². The predicted molar refractivity (Wildman–Crippen MR) is 116 cm³/mol. The van der Waals surface area contributed by atoms with Gasteiger partial charge in [-0.25, -0.2) is 5.43 Å². The van der Waals surface area contributed by atoms with Crippen LogP contribution in [0.1, 0.15) is 28.4 Å². The van der Waals surface area contributed by atoms with Crippen molar-refractivity contribution in [1.82, 2.24) is 5.43 Å². The number of hydrogen-bond acceptors (Lipinski definition) is 4. The average Bonchev–Trinajstić information content (AvgIpc) is 2.73. The molecule has 0 aromatic heterocycles. The smallest absolute Gasteiger partial charge is 0.273 e. The lowest BCUT2D eigenvalue weighted by Crippen LogP contribution is -2.20. The Morgan fingerprint density at radius 1 is 0.931 bits per heavy atom. The van der Waals surface area contributed by atoms with E-state index in [0.717, 1.165) is 11.1 Å². The number of nitrogens with one attached hydrogen (secondary N) is 2. The number of hydrazone groups is 1. The molecule has 3 rings (SSSR count). The Morgan fingerprint density at radius 2 is 1.66 bits per heavy atom. The summed E-state index contributed by atoms with van der Waals surface area (Å²) in [5.74, 6) is -0.481. The van der Waals surface area contributed by atoms with Crippen LogP contribution in [0.3, 0.4) is 0 Å². The molecule has 0 radical (unpaired) electrons. The summed E-state index contributed by atoms with van der Waals surface area (Å²) >= 11 is 0. The number of nitrogens with two attached hydrogens (primary N) is 1. The number of hydrogen-bond donors (Lipinski definition) is 3. The van der Waals surface area contributed by atoms with E-state index in [2.05, 4.69) is 15.8 Å². The van der Waals surface area contributed by atoms with E-state index in [0.29, 0.717) is 29.1 Å². The van der Waals surface area contributed by atoms with E-state index >= 15 is 0 Å². The number of carbonyl (C=O) groups excluding carboxylic acids is 2. The molecule has 0 saturated carbocycles. The van der Waals surface area contributed by atoms with Crippen molar-refractivity contribution in [2.75, 3.05) is 11.1 Å². The zero-order chi connectivity index (χ0) is 20.6. The Hall–Kier alpha value is -3.93. The van der Waals surface area contributed by atoms with Gasteiger partial charge >= 0.3 is 0 Å². The van der Waals surface area contributed by atoms with Crippen LogP contribution >= 0.6 is 0 Å². The number of anilines is 2. The summed E-state index contributed by atoms with van der Waals surface area (Å²) in [7, 11) is 0. The van der Waals surface area contributed by atoms with Gasteiger partial charge in [0.05, 0.1) is 17.7 Å². The molecule has 0 atom stereocenters. The van der Waals surface area contributed by atoms with Gasteiger partial charge in [-0.15, -0.1) is 0 Å². The van der Waals surface area contributed by atoms with Crippen LogP contribution < -0.4 is 16.5 Å². The Morgan fingerprint density at radius 3 is 2.41 bits per heavy atom. The first-order valence-corrected chi connectivity index (χ1v) is 9.16. The fourth-order valence-electron chi connectivity index (χ4n) is 2.77. The van der Waals surface area contributed by atoms with Crippen molar-refractivity contribution in [2.24, 2.45) is 5.10 Å². The van der Waals surface area contributed by atoms with Gasteiger partial charge in [0.1, 0.15) is 0 Å². The molecular formula is C23H22N4O2. The highest BCUT2D eigenvalue weighted by Gasteiger charge is 2.09. The molecule has 29 heavy (non-hydrogen) atoms. The summed E-state index contributed by atoms with van der Waals surface area (Å²) in [6.45, 7) is 1.78. The molecule has 6 nitrogen and oxygen atoms in total. The SMILES string of the molecule is C/C(=N/NC(=O)c1ccccc1N)c1cccc(NC(=O)Cc2ccccc2)c1. The van der Waals surface area contributed by atoms with Crippen LogP contribution in [-0.2, 0) is 11.2 Å². The first-order valence-electron chi connectivity index (χ1n) is 9.16. The maximum Gasteiger partial charge on any atom is 0.273 e. The number of benzene rings is 3. The summed E-state index contributed by atoms with van der Waals surface area (Å²) in [5, 5.41) is 7.03. The lowest BCUT2D eigenvalue weighted by molar-refractivity contribution is -0.115. The third kappa shape index (κ3) is 5.52. The maximum atomic E-state index is 12.3. The third-order valence-electron chi connectivity index (χ3n) is 4.30. The molecule has 3 aromatic rings. The van der Waals surface area contributed by atoms with Gasteiger partial charge in [-0.05, 0) is 42.3 Å². The van der Waals surface area contributed by atoms with Gasteiger partial charge in [0.25, 0.3) is 5.91 Å². The van der Waals surface area contributed by atoms with Crippen molar-refractivity contribution in [1.29, 1.82) is 0 Å². The maximum absolute atomic E-state index is 12.3. The van der Waals surface area contributed by atoms with E-state index in [9.17, 15) is 9.59 Å². The fourth-order valence-corrected chi connectivity index (χ4v) is 2.77. The molecule has 6 heteroatoms. The molecule has 0 aliphatic rings. The molecule has 0 aliphatic carbocycles. The summed E-state index contributed by atoms with van der Waals surface area (Å²) in [6.07, 6.45) is 0.298. The van der Waals surface area contributed by atoms with Gasteiger partial charge in [-0.3, -0.25) is 9.59 Å². The highest BCUT2D eigenvalue weighted by Crippen LogP contribution is 2.13. The molecule has 0 unspecified atom stereocenters. The number of rotatable bonds is 6. The van der Waals surface area contributed by atoms with Crippen LogP contribution in [0, 0.1) is 0 Å². The normalized spacial score (nSPS) is 11.0. The lowest BCUT2D eigenvalue weighted by atomic mass is 10.1. The third-order valence-corrected chi connectivity index (χ3v) is 4.30. The highest BCUT2D eigenvalue weighted by molar-refractivity contribution is 6.03. The van der Waals surface area contributed by atoms with Crippen LogP contribution in [0.15, 0.2) is 84.0 Å². The molecule has 0 bridgehead atoms. The number of para-hydroxylation sites is 1. The van der Waals surface area contributed by atoms with E-state index in [1.54, 1.807) is 31.2 Å². The van der Waals surface area contributed by atoms with E-state index in [4.69, 9.17) is 5.73 Å². The Kier molecular flexibility index (Phi) is 6.37. The van der Waals surface area contributed by atoms with Crippen molar-refractivity contribution >= 4 is 28.9 Å². The van der Waals surface area contributed by atoms with Crippen LogP contribution in [0.5, 0.6) is 0 Å². The Bertz CT molecular complexity index is 1050. The minimum Gasteiger partial charge on any atom is -0.398 e. The van der Waals surface area contributed by atoms with Crippen molar-refractivity contribution in [3.63, 3.8) is 0 Å². The lowest BCUT2D eigenvalue weighted by Gasteiger charge is -2.08. The first kappa shape index (κ1) is 19.8. The van der Waals surface area contributed by atoms with Gasteiger partial charge in [0.2, 0.25) is 5.91 Å². The predicted octanol–water partition coefficient (Wildman–Crippen LogP) is 3.60. The molecule has 3 aromatic carbocycles. The van der Waals surface area contributed by atoms with E-state index < -0.39 is 0 Å². The van der Waals surface area contributed by atoms with Crippen LogP contribution in [-0.4, -0.2) is 17.5 Å². The standard InChI is InChI=1S/C23H22N4O2/c1-16(26-27-23(29)20-12-5-6-13-21(20)24)18-10-7-11-19(15-18)25-22(28)14-17-8-3-2-4-9-17/h2-13,15H,14,24H2,1H3,(H,25,28)(H,27,29)/b26-16-. The largest absolute Gasteiger partial charge is 0.398 e. The van der Waals surface area contributed by atoms with Crippen LogP contribution in [0.2, 0.25) is 0 Å². The summed E-state index contributed by atoms with van der Waals surface area (Å²) in [6, 6.07) is 23.6. The second-order valence-corrected chi connectivity index (χ2v) is 6.52. The number of nitrogen functional groups attached to an aromatic ring is 1. The molecule has 146 valence electrons. The second kappa shape index (κ2) is 9.32. The topological polar surface area (TPSA) is 96.6 Å². The quantitative estimate of drug-likeness (QED) is 0.343. The monoisotopic (exact) mass is 386 g/mol. The number of amides is 2. The van der Waals surface area contributed by atoms with Crippen molar-refractivity contribution in [3.8, 4) is 0 Å². The second-order valence-electron chi connectivity index (χ2n) is 6.52. The van der Waals surface area contributed by atoms with Crippen LogP contribution in [0.4, 0.5) is 11.4 Å². The van der Waals surface area contributed by atoms with Gasteiger partial charge in [0.15, 0.2) is 0 Å². The molecule has 0 spiro atoms. The molecule has 0 saturated heterocycles. The first-order chi connectivity index (χ1) is 14.0. The van der Waals surface area contributed by atoms with Gasteiger partial charge in [-0.1, -0.05) is 54.6 Å². The van der Waals surface area contributed by atoms with Gasteiger partial charge in [0, 0.05) is 11.4 Å². The molecule has 0 fully saturated rings. The van der Waals surface area contributed by atoms with Crippen molar-refractivity contribution in [3.05, 3.63) is 95.6 Å². The highest BCUT2D eigenvalue weighted by atomic mass is 16.2. The van der Waals surface area contributed by atoms with Gasteiger partial charge in [-0.2, -0.15) is 5.10 Å². The summed E-state index contributed by atoms with van der Waals surface area (Å²) in [4.78, 5) is 24.5. The Balaban J connectivity index is 1.65. The van der Waals surface area contributed by atoms with Crippen molar-refractivity contribution < 1.29 is 9.59 Å². The molecule has 4 N–H and O–H groups in total. The summed E-state index contributed by atoms with van der Waals surface area (Å²) in [5.41, 5.74) is 12.1. The minimum atomic E-state index is -0.380. The zero-order valence-electron chi connectivity index (χ0n) is 16.1. The van der Waals surface area contributed by atoms with Crippen molar-refractivity contribution in [2.45, 2.75) is 13.3 Å². The zero-order valence-corrected chi connectivity index (χ0v) is 16.1. The molecule has 0 heterocycles. The number of carbonyl (C=O) groups is 2. The average molecular weight is 386 g/mol. The van der Waals surface area contributed by atoms with E-state index in [-0.39, 0.29) is 11.8 Å². The van der Waals surface area contributed by atoms with E-state index in [1.807, 2.05) is 54.6 Å². The Labute approximate surface area is 169 Å².